The van der Waals surface area contributed by atoms with Crippen LogP contribution in [0.3, 0.4) is 0 Å². The van der Waals surface area contributed by atoms with Gasteiger partial charge in [0.25, 0.3) is 0 Å². The third-order valence-electron chi connectivity index (χ3n) is 4.17. The first-order valence-corrected chi connectivity index (χ1v) is 7.92. The molecular weight excluding hydrogens is 318 g/mol. The average Bonchev–Trinajstić information content (AvgIpc) is 2.90. The van der Waals surface area contributed by atoms with Gasteiger partial charge >= 0.3 is 0 Å². The van der Waals surface area contributed by atoms with Gasteiger partial charge in [0.2, 0.25) is 11.8 Å². The number of amides is 1. The number of nitrogens with one attached hydrogen (secondary N) is 1. The zero-order valence-corrected chi connectivity index (χ0v) is 13.5. The fourth-order valence-electron chi connectivity index (χ4n) is 2.72. The summed E-state index contributed by atoms with van der Waals surface area (Å²) in [6, 6.07) is 6.80. The molecule has 122 valence electrons. The quantitative estimate of drug-likeness (QED) is 0.877. The number of nitrogens with zero attached hydrogens (tertiary/aromatic N) is 2. The summed E-state index contributed by atoms with van der Waals surface area (Å²) in [6.45, 7) is 1.72. The molecule has 1 amide bonds. The standard InChI is InChI=1S/C16H18ClN3O3/c1-10-18-15(20-23-10)16(7-2-8-16)19-14(22)9-13(21)11-3-5-12(17)6-4-11/h3-6,13,21H,2,7-9H2,1H3,(H,19,22). The summed E-state index contributed by atoms with van der Waals surface area (Å²) in [5.74, 6) is 0.743. The van der Waals surface area contributed by atoms with Crippen LogP contribution in [0.1, 0.15) is 49.1 Å². The molecule has 0 radical (unpaired) electrons. The summed E-state index contributed by atoms with van der Waals surface area (Å²) in [7, 11) is 0. The van der Waals surface area contributed by atoms with Gasteiger partial charge in [0.15, 0.2) is 5.82 Å². The van der Waals surface area contributed by atoms with Crippen LogP contribution >= 0.6 is 11.6 Å². The van der Waals surface area contributed by atoms with E-state index in [1.54, 1.807) is 31.2 Å². The summed E-state index contributed by atoms with van der Waals surface area (Å²) in [6.07, 6.45) is 1.63. The summed E-state index contributed by atoms with van der Waals surface area (Å²) in [5.41, 5.74) is 0.0942. The molecule has 1 aromatic carbocycles. The van der Waals surface area contributed by atoms with Crippen molar-refractivity contribution >= 4 is 17.5 Å². The molecule has 23 heavy (non-hydrogen) atoms. The monoisotopic (exact) mass is 335 g/mol. The van der Waals surface area contributed by atoms with E-state index < -0.39 is 11.6 Å². The predicted octanol–water partition coefficient (Wildman–Crippen LogP) is 2.65. The Morgan fingerprint density at radius 2 is 2.13 bits per heavy atom. The van der Waals surface area contributed by atoms with Gasteiger partial charge in [-0.3, -0.25) is 4.79 Å². The molecule has 0 saturated heterocycles. The minimum atomic E-state index is -0.878. The van der Waals surface area contributed by atoms with Gasteiger partial charge in [-0.25, -0.2) is 0 Å². The maximum atomic E-state index is 12.3. The van der Waals surface area contributed by atoms with Gasteiger partial charge in [-0.1, -0.05) is 28.9 Å². The molecule has 1 aliphatic rings. The van der Waals surface area contributed by atoms with Crippen LogP contribution in [0.2, 0.25) is 5.02 Å². The number of carbonyl (C=O) groups excluding carboxylic acids is 1. The largest absolute Gasteiger partial charge is 0.388 e. The average molecular weight is 336 g/mol. The van der Waals surface area contributed by atoms with Crippen molar-refractivity contribution in [3.63, 3.8) is 0 Å². The maximum absolute atomic E-state index is 12.3. The molecule has 1 heterocycles. The minimum absolute atomic E-state index is 0.0276. The SMILES string of the molecule is Cc1nc(C2(NC(=O)CC(O)c3ccc(Cl)cc3)CCC2)no1. The Morgan fingerprint density at radius 3 is 2.65 bits per heavy atom. The van der Waals surface area contributed by atoms with E-state index in [4.69, 9.17) is 16.1 Å². The van der Waals surface area contributed by atoms with E-state index in [-0.39, 0.29) is 12.3 Å². The Hall–Kier alpha value is -1.92. The van der Waals surface area contributed by atoms with E-state index >= 15 is 0 Å². The summed E-state index contributed by atoms with van der Waals surface area (Å²) in [4.78, 5) is 16.5. The number of aromatic nitrogens is 2. The molecule has 2 N–H and O–H groups in total. The van der Waals surface area contributed by atoms with Crippen molar-refractivity contribution in [2.75, 3.05) is 0 Å². The Morgan fingerprint density at radius 1 is 1.43 bits per heavy atom. The lowest BCUT2D eigenvalue weighted by Crippen LogP contribution is -2.51. The lowest BCUT2D eigenvalue weighted by atomic mass is 9.76. The Kier molecular flexibility index (Phi) is 4.37. The number of hydrogen-bond donors (Lipinski definition) is 2. The van der Waals surface area contributed by atoms with Gasteiger partial charge in [0, 0.05) is 11.9 Å². The number of carbonyl (C=O) groups is 1. The Balaban J connectivity index is 1.65. The smallest absolute Gasteiger partial charge is 0.223 e. The molecule has 0 bridgehead atoms. The molecule has 1 atom stereocenters. The first kappa shape index (κ1) is 16.0. The number of aryl methyl sites for hydroxylation is 1. The molecule has 3 rings (SSSR count). The number of aliphatic hydroxyl groups is 1. The first-order valence-electron chi connectivity index (χ1n) is 7.54. The van der Waals surface area contributed by atoms with Crippen LogP contribution in [0.5, 0.6) is 0 Å². The van der Waals surface area contributed by atoms with E-state index in [2.05, 4.69) is 15.5 Å². The molecule has 1 unspecified atom stereocenters. The molecule has 1 aromatic heterocycles. The van der Waals surface area contributed by atoms with Crippen LogP contribution in [0.25, 0.3) is 0 Å². The van der Waals surface area contributed by atoms with Crippen molar-refractivity contribution in [1.29, 1.82) is 0 Å². The van der Waals surface area contributed by atoms with Gasteiger partial charge in [0.1, 0.15) is 5.54 Å². The van der Waals surface area contributed by atoms with Crippen LogP contribution in [-0.2, 0) is 10.3 Å². The number of benzene rings is 1. The van der Waals surface area contributed by atoms with Gasteiger partial charge in [0.05, 0.1) is 12.5 Å². The van der Waals surface area contributed by atoms with Crippen molar-refractivity contribution in [1.82, 2.24) is 15.5 Å². The highest BCUT2D eigenvalue weighted by Gasteiger charge is 2.44. The number of hydrogen-bond acceptors (Lipinski definition) is 5. The molecule has 1 aliphatic carbocycles. The van der Waals surface area contributed by atoms with Gasteiger partial charge in [-0.2, -0.15) is 4.98 Å². The third-order valence-corrected chi connectivity index (χ3v) is 4.43. The highest BCUT2D eigenvalue weighted by Crippen LogP contribution is 2.40. The molecular formula is C16H18ClN3O3. The second-order valence-electron chi connectivity index (χ2n) is 5.89. The van der Waals surface area contributed by atoms with Crippen LogP contribution in [0, 0.1) is 6.92 Å². The van der Waals surface area contributed by atoms with E-state index in [0.29, 0.717) is 22.3 Å². The zero-order chi connectivity index (χ0) is 16.4. The van der Waals surface area contributed by atoms with Crippen molar-refractivity contribution in [3.8, 4) is 0 Å². The van der Waals surface area contributed by atoms with E-state index in [1.807, 2.05) is 0 Å². The Labute approximate surface area is 138 Å². The highest BCUT2D eigenvalue weighted by molar-refractivity contribution is 6.30. The minimum Gasteiger partial charge on any atom is -0.388 e. The van der Waals surface area contributed by atoms with Crippen LogP contribution in [0.15, 0.2) is 28.8 Å². The molecule has 0 spiro atoms. The molecule has 7 heteroatoms. The van der Waals surface area contributed by atoms with Gasteiger partial charge in [-0.05, 0) is 37.0 Å². The maximum Gasteiger partial charge on any atom is 0.223 e. The molecule has 0 aliphatic heterocycles. The second-order valence-corrected chi connectivity index (χ2v) is 6.33. The van der Waals surface area contributed by atoms with Crippen LogP contribution < -0.4 is 5.32 Å². The highest BCUT2D eigenvalue weighted by atomic mass is 35.5. The van der Waals surface area contributed by atoms with Crippen LogP contribution in [-0.4, -0.2) is 21.2 Å². The van der Waals surface area contributed by atoms with Gasteiger partial charge < -0.3 is 14.9 Å². The molecule has 6 nitrogen and oxygen atoms in total. The topological polar surface area (TPSA) is 88.2 Å². The lowest BCUT2D eigenvalue weighted by Gasteiger charge is -2.39. The second kappa shape index (κ2) is 6.29. The van der Waals surface area contributed by atoms with E-state index in [0.717, 1.165) is 19.3 Å². The van der Waals surface area contributed by atoms with E-state index in [9.17, 15) is 9.90 Å². The van der Waals surface area contributed by atoms with Crippen molar-refractivity contribution < 1.29 is 14.4 Å². The fourth-order valence-corrected chi connectivity index (χ4v) is 2.85. The Bertz CT molecular complexity index is 695. The number of halogens is 1. The predicted molar refractivity (Wildman–Crippen MR) is 83.7 cm³/mol. The lowest BCUT2D eigenvalue weighted by molar-refractivity contribution is -0.126. The van der Waals surface area contributed by atoms with E-state index in [1.165, 1.54) is 0 Å². The normalized spacial score (nSPS) is 17.3. The summed E-state index contributed by atoms with van der Waals surface area (Å²) < 4.78 is 5.02. The van der Waals surface area contributed by atoms with Crippen molar-refractivity contribution in [2.45, 2.75) is 44.2 Å². The number of rotatable bonds is 5. The molecule has 2 aromatic rings. The van der Waals surface area contributed by atoms with Crippen molar-refractivity contribution in [3.05, 3.63) is 46.6 Å². The molecule has 1 fully saturated rings. The van der Waals surface area contributed by atoms with Crippen molar-refractivity contribution in [2.24, 2.45) is 0 Å². The third kappa shape index (κ3) is 3.38. The number of aliphatic hydroxyl groups excluding tert-OH is 1. The first-order chi connectivity index (χ1) is 11.0. The zero-order valence-electron chi connectivity index (χ0n) is 12.8. The molecule has 1 saturated carbocycles. The summed E-state index contributed by atoms with van der Waals surface area (Å²) in [5, 5.41) is 17.7. The summed E-state index contributed by atoms with van der Waals surface area (Å²) >= 11 is 5.82. The van der Waals surface area contributed by atoms with Gasteiger partial charge in [-0.15, -0.1) is 0 Å². The fraction of sp³-hybridized carbons (Fsp3) is 0.438. The van der Waals surface area contributed by atoms with Crippen LogP contribution in [0.4, 0.5) is 0 Å².